The molecule has 2 aromatic carbocycles. The van der Waals surface area contributed by atoms with E-state index in [4.69, 9.17) is 21.1 Å². The maximum atomic E-state index is 10.9. The maximum absolute atomic E-state index is 10.9. The van der Waals surface area contributed by atoms with Crippen LogP contribution in [0.2, 0.25) is 0 Å². The Morgan fingerprint density at radius 1 is 1.22 bits per heavy atom. The number of carboxylic acid groups (broad SMARTS) is 1. The summed E-state index contributed by atoms with van der Waals surface area (Å²) < 4.78 is 0. The highest BCUT2D eigenvalue weighted by Crippen LogP contribution is 2.25. The zero-order valence-electron chi connectivity index (χ0n) is 9.33. The lowest BCUT2D eigenvalue weighted by Crippen LogP contribution is -2.42. The first-order chi connectivity index (χ1) is 8.59. The van der Waals surface area contributed by atoms with Gasteiger partial charge >= 0.3 is 6.09 Å². The number of fused-ring (bicyclic) bond motifs is 1. The van der Waals surface area contributed by atoms with Gasteiger partial charge in [-0.3, -0.25) is 5.41 Å². The first-order valence-electron chi connectivity index (χ1n) is 5.12. The largest absolute Gasteiger partial charge is 0.462 e. The van der Waals surface area contributed by atoms with Crippen LogP contribution in [0.3, 0.4) is 0 Å². The monoisotopic (exact) mass is 245 g/mol. The number of nitrogens with zero attached hydrogens (tertiary/aromatic N) is 1. The third-order valence-corrected chi connectivity index (χ3v) is 2.33. The fourth-order valence-corrected chi connectivity index (χ4v) is 1.56. The number of guanidine groups is 1. The van der Waals surface area contributed by atoms with Gasteiger partial charge in [-0.05, 0) is 11.5 Å². The second kappa shape index (κ2) is 4.62. The van der Waals surface area contributed by atoms with Crippen molar-refractivity contribution in [1.29, 1.82) is 5.41 Å². The molecular formula is C12H11N3O3. The lowest BCUT2D eigenvalue weighted by molar-refractivity contribution is 0.0259. The molecule has 0 radical (unpaired) electrons. The van der Waals surface area contributed by atoms with Gasteiger partial charge in [-0.1, -0.05) is 41.5 Å². The second-order valence-corrected chi connectivity index (χ2v) is 3.53. The molecule has 0 aromatic heterocycles. The van der Waals surface area contributed by atoms with Crippen LogP contribution in [0.15, 0.2) is 42.5 Å². The van der Waals surface area contributed by atoms with Crippen LogP contribution in [0.4, 0.5) is 4.79 Å². The lowest BCUT2D eigenvalue weighted by atomic mass is 10.1. The number of hydrogen-bond donors (Lipinski definition) is 3. The van der Waals surface area contributed by atoms with Crippen molar-refractivity contribution in [2.75, 3.05) is 0 Å². The second-order valence-electron chi connectivity index (χ2n) is 3.53. The minimum atomic E-state index is -1.45. The van der Waals surface area contributed by atoms with Gasteiger partial charge in [0.15, 0.2) is 5.75 Å². The average molecular weight is 245 g/mol. The Morgan fingerprint density at radius 3 is 2.56 bits per heavy atom. The van der Waals surface area contributed by atoms with E-state index < -0.39 is 12.1 Å². The molecule has 0 spiro atoms. The quantitative estimate of drug-likeness (QED) is 0.428. The smallest absolute Gasteiger partial charge is 0.448 e. The Labute approximate surface area is 103 Å². The van der Waals surface area contributed by atoms with Gasteiger partial charge in [0.25, 0.3) is 0 Å². The molecular weight excluding hydrogens is 234 g/mol. The van der Waals surface area contributed by atoms with Crippen LogP contribution >= 0.6 is 0 Å². The summed E-state index contributed by atoms with van der Waals surface area (Å²) in [6, 6.07) is 12.6. The molecule has 0 aliphatic rings. The van der Waals surface area contributed by atoms with E-state index in [-0.39, 0.29) is 0 Å². The lowest BCUT2D eigenvalue weighted by Gasteiger charge is -2.17. The van der Waals surface area contributed by atoms with Gasteiger partial charge in [-0.15, -0.1) is 0 Å². The van der Waals surface area contributed by atoms with Crippen molar-refractivity contribution in [3.05, 3.63) is 42.5 Å². The minimum Gasteiger partial charge on any atom is -0.462 e. The van der Waals surface area contributed by atoms with Gasteiger partial charge in [-0.2, -0.15) is 0 Å². The first-order valence-corrected chi connectivity index (χ1v) is 5.12. The topological polar surface area (TPSA) is 99.6 Å². The molecule has 0 saturated heterocycles. The van der Waals surface area contributed by atoms with Crippen LogP contribution in [-0.4, -0.2) is 22.2 Å². The van der Waals surface area contributed by atoms with Crippen molar-refractivity contribution in [3.8, 4) is 5.75 Å². The highest BCUT2D eigenvalue weighted by Gasteiger charge is 2.18. The number of nitrogens with one attached hydrogen (secondary N) is 1. The number of rotatable bonds is 2. The van der Waals surface area contributed by atoms with Gasteiger partial charge in [0.05, 0.1) is 0 Å². The number of amides is 1. The van der Waals surface area contributed by atoms with Crippen molar-refractivity contribution in [1.82, 2.24) is 5.06 Å². The summed E-state index contributed by atoms with van der Waals surface area (Å²) in [5, 5.41) is 18.0. The van der Waals surface area contributed by atoms with Crippen molar-refractivity contribution in [3.63, 3.8) is 0 Å². The van der Waals surface area contributed by atoms with E-state index in [1.807, 2.05) is 24.3 Å². The SMILES string of the molecule is N=C(N)N(Oc1cccc2ccccc12)C(=O)O. The number of hydrogen-bond acceptors (Lipinski definition) is 3. The third-order valence-electron chi connectivity index (χ3n) is 2.33. The normalized spacial score (nSPS) is 10.0. The molecule has 92 valence electrons. The van der Waals surface area contributed by atoms with Crippen LogP contribution in [0.25, 0.3) is 10.8 Å². The standard InChI is InChI=1S/C12H11N3O3/c13-11(14)15(12(16)17)18-10-7-3-5-8-4-1-2-6-9(8)10/h1-7H,(H3,13,14)(H,16,17). The fraction of sp³-hybridized carbons (Fsp3) is 0. The average Bonchev–Trinajstić information content (AvgIpc) is 2.35. The first kappa shape index (κ1) is 11.7. The van der Waals surface area contributed by atoms with Gasteiger partial charge < -0.3 is 15.7 Å². The van der Waals surface area contributed by atoms with Crippen molar-refractivity contribution < 1.29 is 14.7 Å². The molecule has 0 unspecified atom stereocenters. The highest BCUT2D eigenvalue weighted by molar-refractivity contribution is 5.91. The minimum absolute atomic E-state index is 0.307. The van der Waals surface area contributed by atoms with Gasteiger partial charge in [0.1, 0.15) is 0 Å². The number of benzene rings is 2. The molecule has 18 heavy (non-hydrogen) atoms. The van der Waals surface area contributed by atoms with Crippen LogP contribution in [-0.2, 0) is 0 Å². The predicted octanol–water partition coefficient (Wildman–Crippen LogP) is 2.01. The molecule has 0 aliphatic carbocycles. The molecule has 2 aromatic rings. The molecule has 6 nitrogen and oxygen atoms in total. The zero-order valence-corrected chi connectivity index (χ0v) is 9.33. The van der Waals surface area contributed by atoms with Crippen LogP contribution < -0.4 is 10.6 Å². The summed E-state index contributed by atoms with van der Waals surface area (Å²) in [4.78, 5) is 16.0. The fourth-order valence-electron chi connectivity index (χ4n) is 1.56. The summed E-state index contributed by atoms with van der Waals surface area (Å²) in [7, 11) is 0. The van der Waals surface area contributed by atoms with Gasteiger partial charge in [0, 0.05) is 5.39 Å². The molecule has 0 aliphatic heterocycles. The molecule has 0 saturated carbocycles. The van der Waals surface area contributed by atoms with Crippen LogP contribution in [0.5, 0.6) is 5.75 Å². The Bertz CT molecular complexity index is 593. The molecule has 4 N–H and O–H groups in total. The molecule has 0 bridgehead atoms. The zero-order chi connectivity index (χ0) is 13.1. The third kappa shape index (κ3) is 2.17. The molecule has 0 heterocycles. The van der Waals surface area contributed by atoms with E-state index in [0.29, 0.717) is 10.8 Å². The Hall–Kier alpha value is -2.76. The summed E-state index contributed by atoms with van der Waals surface area (Å²) in [5.74, 6) is -0.374. The van der Waals surface area contributed by atoms with E-state index in [1.54, 1.807) is 18.2 Å². The highest BCUT2D eigenvalue weighted by atomic mass is 16.7. The van der Waals surface area contributed by atoms with E-state index in [1.165, 1.54) is 0 Å². The maximum Gasteiger partial charge on any atom is 0.448 e. The van der Waals surface area contributed by atoms with Crippen molar-refractivity contribution >= 4 is 22.8 Å². The predicted molar refractivity (Wildman–Crippen MR) is 66.4 cm³/mol. The Morgan fingerprint density at radius 2 is 1.89 bits per heavy atom. The molecule has 0 fully saturated rings. The van der Waals surface area contributed by atoms with E-state index >= 15 is 0 Å². The number of nitrogens with two attached hydrogens (primary N) is 1. The van der Waals surface area contributed by atoms with Gasteiger partial charge in [0.2, 0.25) is 5.96 Å². The Balaban J connectivity index is 2.42. The molecule has 2 rings (SSSR count). The number of hydroxylamine groups is 2. The summed E-state index contributed by atoms with van der Waals surface area (Å²) in [5.41, 5.74) is 5.13. The number of carbonyl (C=O) groups is 1. The summed E-state index contributed by atoms with van der Waals surface area (Å²) in [6.07, 6.45) is -1.45. The molecule has 1 amide bonds. The molecule has 6 heteroatoms. The summed E-state index contributed by atoms with van der Waals surface area (Å²) in [6.45, 7) is 0. The summed E-state index contributed by atoms with van der Waals surface area (Å²) >= 11 is 0. The van der Waals surface area contributed by atoms with Crippen LogP contribution in [0.1, 0.15) is 0 Å². The van der Waals surface area contributed by atoms with Crippen LogP contribution in [0, 0.1) is 5.41 Å². The van der Waals surface area contributed by atoms with E-state index in [0.717, 1.165) is 10.8 Å². The van der Waals surface area contributed by atoms with E-state index in [9.17, 15) is 4.79 Å². The Kier molecular flexibility index (Phi) is 3.01. The van der Waals surface area contributed by atoms with Gasteiger partial charge in [-0.25, -0.2) is 4.79 Å². The van der Waals surface area contributed by atoms with E-state index in [2.05, 4.69) is 0 Å². The van der Waals surface area contributed by atoms with Crippen molar-refractivity contribution in [2.24, 2.45) is 5.73 Å². The van der Waals surface area contributed by atoms with Crippen molar-refractivity contribution in [2.45, 2.75) is 0 Å². The molecule has 0 atom stereocenters.